The maximum Gasteiger partial charge on any atom is 0.261 e. The highest BCUT2D eigenvalue weighted by molar-refractivity contribution is 9.10. The molecular formula is C15H16BrNO3S. The lowest BCUT2D eigenvalue weighted by Gasteiger charge is -2.14. The van der Waals surface area contributed by atoms with Crippen molar-refractivity contribution in [2.75, 3.05) is 11.8 Å². The number of hydrogen-bond donors (Lipinski definition) is 1. The Bertz CT molecular complexity index is 755. The van der Waals surface area contributed by atoms with Crippen molar-refractivity contribution in [2.24, 2.45) is 0 Å². The smallest absolute Gasteiger partial charge is 0.261 e. The Balaban J connectivity index is 2.41. The molecule has 0 aliphatic rings. The number of rotatable bonds is 4. The van der Waals surface area contributed by atoms with Crippen molar-refractivity contribution < 1.29 is 13.2 Å². The zero-order valence-corrected chi connectivity index (χ0v) is 14.4. The summed E-state index contributed by atoms with van der Waals surface area (Å²) in [5, 5.41) is 0. The maximum absolute atomic E-state index is 12.4. The molecule has 0 aliphatic heterocycles. The molecule has 0 heterocycles. The van der Waals surface area contributed by atoms with Gasteiger partial charge in [0, 0.05) is 10.0 Å². The van der Waals surface area contributed by atoms with Gasteiger partial charge in [0.1, 0.15) is 5.75 Å². The van der Waals surface area contributed by atoms with Gasteiger partial charge in [-0.15, -0.1) is 0 Å². The molecule has 0 spiro atoms. The molecule has 112 valence electrons. The lowest BCUT2D eigenvalue weighted by Crippen LogP contribution is -2.14. The minimum Gasteiger partial charge on any atom is -0.496 e. The lowest BCUT2D eigenvalue weighted by molar-refractivity contribution is 0.411. The first kappa shape index (κ1) is 15.9. The third-order valence-electron chi connectivity index (χ3n) is 3.12. The first-order chi connectivity index (χ1) is 9.83. The van der Waals surface area contributed by atoms with Crippen molar-refractivity contribution in [3.63, 3.8) is 0 Å². The number of aryl methyl sites for hydroxylation is 1. The lowest BCUT2D eigenvalue weighted by atomic mass is 10.2. The predicted octanol–water partition coefficient (Wildman–Crippen LogP) is 3.88. The summed E-state index contributed by atoms with van der Waals surface area (Å²) in [7, 11) is -2.07. The van der Waals surface area contributed by atoms with Crippen LogP contribution in [0.2, 0.25) is 0 Å². The maximum atomic E-state index is 12.4. The fourth-order valence-electron chi connectivity index (χ4n) is 1.89. The summed E-state index contributed by atoms with van der Waals surface area (Å²) >= 11 is 3.35. The van der Waals surface area contributed by atoms with Crippen LogP contribution in [-0.2, 0) is 10.0 Å². The molecule has 1 N–H and O–H groups in total. The molecule has 0 aromatic heterocycles. The number of ether oxygens (including phenoxy) is 1. The van der Waals surface area contributed by atoms with E-state index in [-0.39, 0.29) is 4.90 Å². The monoisotopic (exact) mass is 369 g/mol. The Hall–Kier alpha value is -1.53. The van der Waals surface area contributed by atoms with E-state index in [1.165, 1.54) is 0 Å². The second kappa shape index (κ2) is 6.07. The van der Waals surface area contributed by atoms with Crippen molar-refractivity contribution in [2.45, 2.75) is 18.7 Å². The number of methoxy groups -OCH3 is 1. The van der Waals surface area contributed by atoms with Crippen LogP contribution in [0.25, 0.3) is 0 Å². The molecular weight excluding hydrogens is 354 g/mol. The Morgan fingerprint density at radius 2 is 1.71 bits per heavy atom. The van der Waals surface area contributed by atoms with E-state index in [9.17, 15) is 8.42 Å². The molecule has 2 rings (SSSR count). The summed E-state index contributed by atoms with van der Waals surface area (Å²) < 4.78 is 33.4. The van der Waals surface area contributed by atoms with Crippen LogP contribution in [0.5, 0.6) is 5.75 Å². The van der Waals surface area contributed by atoms with E-state index >= 15 is 0 Å². The second-order valence-electron chi connectivity index (χ2n) is 4.70. The number of sulfonamides is 1. The number of hydrogen-bond acceptors (Lipinski definition) is 3. The van der Waals surface area contributed by atoms with E-state index in [2.05, 4.69) is 20.7 Å². The van der Waals surface area contributed by atoms with E-state index < -0.39 is 10.0 Å². The molecule has 0 saturated heterocycles. The van der Waals surface area contributed by atoms with Crippen LogP contribution in [0.4, 0.5) is 5.69 Å². The van der Waals surface area contributed by atoms with Gasteiger partial charge in [-0.05, 0) is 38.1 Å². The summed E-state index contributed by atoms with van der Waals surface area (Å²) in [6, 6.07) is 10.2. The average Bonchev–Trinajstić information content (AvgIpc) is 2.42. The highest BCUT2D eigenvalue weighted by Gasteiger charge is 2.17. The molecule has 4 nitrogen and oxygen atoms in total. The normalized spacial score (nSPS) is 11.2. The molecule has 0 atom stereocenters. The van der Waals surface area contributed by atoms with E-state index in [1.54, 1.807) is 50.4 Å². The molecule has 2 aromatic carbocycles. The minimum absolute atomic E-state index is 0.228. The third kappa shape index (κ3) is 3.57. The zero-order chi connectivity index (χ0) is 15.6. The quantitative estimate of drug-likeness (QED) is 0.889. The van der Waals surface area contributed by atoms with Crippen LogP contribution in [0, 0.1) is 13.8 Å². The Morgan fingerprint density at radius 1 is 1.10 bits per heavy atom. The van der Waals surface area contributed by atoms with E-state index in [1.807, 2.05) is 6.92 Å². The number of nitrogens with one attached hydrogen (secondary N) is 1. The fraction of sp³-hybridized carbons (Fsp3) is 0.200. The first-order valence-electron chi connectivity index (χ1n) is 6.27. The Morgan fingerprint density at radius 3 is 2.29 bits per heavy atom. The number of halogens is 1. The van der Waals surface area contributed by atoms with Crippen LogP contribution in [-0.4, -0.2) is 15.5 Å². The van der Waals surface area contributed by atoms with Gasteiger partial charge in [0.05, 0.1) is 17.7 Å². The third-order valence-corrected chi connectivity index (χ3v) is 4.96. The van der Waals surface area contributed by atoms with Gasteiger partial charge >= 0.3 is 0 Å². The largest absolute Gasteiger partial charge is 0.496 e. The summed E-state index contributed by atoms with van der Waals surface area (Å²) in [5.74, 6) is 0.617. The van der Waals surface area contributed by atoms with E-state index in [4.69, 9.17) is 4.74 Å². The molecule has 0 saturated carbocycles. The van der Waals surface area contributed by atoms with Crippen molar-refractivity contribution in [1.29, 1.82) is 0 Å². The molecule has 0 fully saturated rings. The molecule has 0 aliphatic carbocycles. The standard InChI is InChI=1S/C15H16BrNO3S/c1-10-4-6-13(7-5-10)21(18,19)17-14-8-12(16)9-15(20-3)11(14)2/h4-9,17H,1-3H3. The summed E-state index contributed by atoms with van der Waals surface area (Å²) in [4.78, 5) is 0.228. The highest BCUT2D eigenvalue weighted by atomic mass is 79.9. The SMILES string of the molecule is COc1cc(Br)cc(NS(=O)(=O)c2ccc(C)cc2)c1C. The minimum atomic E-state index is -3.62. The van der Waals surface area contributed by atoms with Crippen LogP contribution in [0.15, 0.2) is 45.8 Å². The fourth-order valence-corrected chi connectivity index (χ4v) is 3.44. The van der Waals surface area contributed by atoms with Crippen LogP contribution < -0.4 is 9.46 Å². The van der Waals surface area contributed by atoms with Gasteiger partial charge in [-0.2, -0.15) is 0 Å². The topological polar surface area (TPSA) is 55.4 Å². The van der Waals surface area contributed by atoms with Gasteiger partial charge in [-0.1, -0.05) is 33.6 Å². The molecule has 0 radical (unpaired) electrons. The molecule has 0 amide bonds. The molecule has 6 heteroatoms. The molecule has 21 heavy (non-hydrogen) atoms. The number of anilines is 1. The zero-order valence-electron chi connectivity index (χ0n) is 12.0. The highest BCUT2D eigenvalue weighted by Crippen LogP contribution is 2.31. The molecule has 2 aromatic rings. The van der Waals surface area contributed by atoms with Crippen molar-refractivity contribution in [1.82, 2.24) is 0 Å². The van der Waals surface area contributed by atoms with Gasteiger partial charge in [0.25, 0.3) is 10.0 Å². The van der Waals surface area contributed by atoms with Crippen LogP contribution in [0.3, 0.4) is 0 Å². The predicted molar refractivity (Wildman–Crippen MR) is 87.4 cm³/mol. The Labute approximate surface area is 133 Å². The molecule has 0 bridgehead atoms. The molecule has 0 unspecified atom stereocenters. The van der Waals surface area contributed by atoms with E-state index in [0.29, 0.717) is 11.4 Å². The second-order valence-corrected chi connectivity index (χ2v) is 7.30. The van der Waals surface area contributed by atoms with Crippen molar-refractivity contribution in [3.05, 3.63) is 52.0 Å². The van der Waals surface area contributed by atoms with Gasteiger partial charge in [-0.25, -0.2) is 8.42 Å². The van der Waals surface area contributed by atoms with E-state index in [0.717, 1.165) is 15.6 Å². The number of benzene rings is 2. The van der Waals surface area contributed by atoms with Gasteiger partial charge in [-0.3, -0.25) is 4.72 Å². The van der Waals surface area contributed by atoms with Crippen LogP contribution >= 0.6 is 15.9 Å². The summed E-state index contributed by atoms with van der Waals surface area (Å²) in [6.07, 6.45) is 0. The van der Waals surface area contributed by atoms with Gasteiger partial charge in [0.15, 0.2) is 0 Å². The van der Waals surface area contributed by atoms with Gasteiger partial charge < -0.3 is 4.74 Å². The summed E-state index contributed by atoms with van der Waals surface area (Å²) in [5.41, 5.74) is 2.23. The first-order valence-corrected chi connectivity index (χ1v) is 8.55. The van der Waals surface area contributed by atoms with Crippen molar-refractivity contribution in [3.8, 4) is 5.75 Å². The Kier molecular flexibility index (Phi) is 4.58. The van der Waals surface area contributed by atoms with Gasteiger partial charge in [0.2, 0.25) is 0 Å². The van der Waals surface area contributed by atoms with Crippen LogP contribution in [0.1, 0.15) is 11.1 Å². The van der Waals surface area contributed by atoms with Crippen molar-refractivity contribution >= 4 is 31.6 Å². The average molecular weight is 370 g/mol. The summed E-state index contributed by atoms with van der Waals surface area (Å²) in [6.45, 7) is 3.71.